The van der Waals surface area contributed by atoms with Gasteiger partial charge in [-0.05, 0) is 40.2 Å². The van der Waals surface area contributed by atoms with Crippen LogP contribution >= 0.6 is 0 Å². The Balaban J connectivity index is 2.14. The molecule has 126 valence electrons. The molecule has 5 nitrogen and oxygen atoms in total. The standard InChI is InChI=1S/C18H25NO4/c1-17(2,3)22-15(20)11-14-18(4,5)16(21)23-19(14)12-13-9-7-6-8-10-13/h6-10,14H,11-12H2,1-5H3. The van der Waals surface area contributed by atoms with Gasteiger partial charge in [0.05, 0.1) is 24.4 Å². The third kappa shape index (κ3) is 4.32. The first-order valence-electron chi connectivity index (χ1n) is 7.84. The molecule has 23 heavy (non-hydrogen) atoms. The number of rotatable bonds is 4. The van der Waals surface area contributed by atoms with E-state index in [9.17, 15) is 9.59 Å². The summed E-state index contributed by atoms with van der Waals surface area (Å²) >= 11 is 0. The van der Waals surface area contributed by atoms with E-state index in [0.29, 0.717) is 6.54 Å². The summed E-state index contributed by atoms with van der Waals surface area (Å²) in [5.41, 5.74) is -0.284. The van der Waals surface area contributed by atoms with E-state index in [-0.39, 0.29) is 24.4 Å². The molecule has 2 rings (SSSR count). The lowest BCUT2D eigenvalue weighted by Gasteiger charge is -2.28. The van der Waals surface area contributed by atoms with Crippen LogP contribution < -0.4 is 0 Å². The van der Waals surface area contributed by atoms with E-state index in [4.69, 9.17) is 9.57 Å². The molecule has 1 unspecified atom stereocenters. The van der Waals surface area contributed by atoms with Gasteiger partial charge in [0.2, 0.25) is 0 Å². The fourth-order valence-electron chi connectivity index (χ4n) is 2.59. The number of hydrogen-bond acceptors (Lipinski definition) is 5. The molecule has 0 radical (unpaired) electrons. The molecule has 5 heteroatoms. The van der Waals surface area contributed by atoms with Crippen molar-refractivity contribution in [3.8, 4) is 0 Å². The van der Waals surface area contributed by atoms with Gasteiger partial charge < -0.3 is 9.57 Å². The van der Waals surface area contributed by atoms with Gasteiger partial charge in [0, 0.05) is 0 Å². The van der Waals surface area contributed by atoms with Crippen LogP contribution in [0.4, 0.5) is 0 Å². The molecule has 0 bridgehead atoms. The van der Waals surface area contributed by atoms with Gasteiger partial charge in [0.1, 0.15) is 5.60 Å². The van der Waals surface area contributed by atoms with E-state index in [0.717, 1.165) is 5.56 Å². The zero-order valence-corrected chi connectivity index (χ0v) is 14.5. The van der Waals surface area contributed by atoms with Crippen LogP contribution in [0.3, 0.4) is 0 Å². The first-order chi connectivity index (χ1) is 10.6. The lowest BCUT2D eigenvalue weighted by molar-refractivity contribution is -0.182. The van der Waals surface area contributed by atoms with E-state index in [1.54, 1.807) is 18.9 Å². The predicted octanol–water partition coefficient (Wildman–Crippen LogP) is 3.09. The Hall–Kier alpha value is -1.88. The quantitative estimate of drug-likeness (QED) is 0.798. The summed E-state index contributed by atoms with van der Waals surface area (Å²) in [6.07, 6.45) is 0.114. The van der Waals surface area contributed by atoms with Crippen LogP contribution in [0.15, 0.2) is 30.3 Å². The molecule has 0 aromatic heterocycles. The Kier molecular flexibility index (Phi) is 4.80. The molecule has 1 saturated heterocycles. The number of esters is 1. The van der Waals surface area contributed by atoms with Crippen molar-refractivity contribution in [3.63, 3.8) is 0 Å². The maximum Gasteiger partial charge on any atom is 0.332 e. The fraction of sp³-hybridized carbons (Fsp3) is 0.556. The average Bonchev–Trinajstić information content (AvgIpc) is 2.61. The van der Waals surface area contributed by atoms with Gasteiger partial charge in [-0.15, -0.1) is 5.06 Å². The topological polar surface area (TPSA) is 55.8 Å². The highest BCUT2D eigenvalue weighted by molar-refractivity contribution is 5.80. The monoisotopic (exact) mass is 319 g/mol. The van der Waals surface area contributed by atoms with Gasteiger partial charge >= 0.3 is 11.9 Å². The molecular formula is C18H25NO4. The van der Waals surface area contributed by atoms with Crippen LogP contribution in [0, 0.1) is 5.41 Å². The van der Waals surface area contributed by atoms with Crippen molar-refractivity contribution in [1.29, 1.82) is 0 Å². The van der Waals surface area contributed by atoms with E-state index in [2.05, 4.69) is 0 Å². The second kappa shape index (κ2) is 6.32. The molecule has 0 N–H and O–H groups in total. The van der Waals surface area contributed by atoms with Crippen molar-refractivity contribution in [2.45, 2.75) is 59.2 Å². The number of carbonyl (C=O) groups is 2. The number of carbonyl (C=O) groups excluding carboxylic acids is 2. The number of ether oxygens (including phenoxy) is 1. The molecule has 0 aliphatic carbocycles. The highest BCUT2D eigenvalue weighted by Gasteiger charge is 2.51. The normalized spacial score (nSPS) is 21.1. The second-order valence-corrected chi connectivity index (χ2v) is 7.47. The Morgan fingerprint density at radius 1 is 1.26 bits per heavy atom. The summed E-state index contributed by atoms with van der Waals surface area (Å²) in [6, 6.07) is 9.36. The predicted molar refractivity (Wildman–Crippen MR) is 86.1 cm³/mol. The van der Waals surface area contributed by atoms with Crippen LogP contribution in [0.25, 0.3) is 0 Å². The van der Waals surface area contributed by atoms with Gasteiger partial charge in [-0.25, -0.2) is 4.79 Å². The molecule has 1 aromatic carbocycles. The lowest BCUT2D eigenvalue weighted by Crippen LogP contribution is -2.40. The average molecular weight is 319 g/mol. The molecule has 1 fully saturated rings. The molecule has 0 spiro atoms. The van der Waals surface area contributed by atoms with Crippen molar-refractivity contribution in [2.24, 2.45) is 5.41 Å². The number of hydrogen-bond donors (Lipinski definition) is 0. The number of nitrogens with zero attached hydrogens (tertiary/aromatic N) is 1. The van der Waals surface area contributed by atoms with Crippen LogP contribution in [-0.2, 0) is 25.7 Å². The fourth-order valence-corrected chi connectivity index (χ4v) is 2.59. The van der Waals surface area contributed by atoms with Crippen molar-refractivity contribution in [2.75, 3.05) is 0 Å². The molecular weight excluding hydrogens is 294 g/mol. The largest absolute Gasteiger partial charge is 0.460 e. The zero-order chi connectivity index (χ0) is 17.3. The summed E-state index contributed by atoms with van der Waals surface area (Å²) in [6.45, 7) is 9.53. The number of benzene rings is 1. The first kappa shape index (κ1) is 17.5. The SMILES string of the molecule is CC(C)(C)OC(=O)CC1N(Cc2ccccc2)OC(=O)C1(C)C. The van der Waals surface area contributed by atoms with Gasteiger partial charge in [0.25, 0.3) is 0 Å². The third-order valence-corrected chi connectivity index (χ3v) is 3.87. The van der Waals surface area contributed by atoms with Gasteiger partial charge in [-0.3, -0.25) is 4.79 Å². The summed E-state index contributed by atoms with van der Waals surface area (Å²) in [5, 5.41) is 1.60. The second-order valence-electron chi connectivity index (χ2n) is 7.47. The zero-order valence-electron chi connectivity index (χ0n) is 14.5. The molecule has 1 aliphatic heterocycles. The molecule has 1 aliphatic rings. The maximum absolute atomic E-state index is 12.2. The Bertz CT molecular complexity index is 574. The summed E-state index contributed by atoms with van der Waals surface area (Å²) < 4.78 is 5.39. The van der Waals surface area contributed by atoms with E-state index in [1.807, 2.05) is 51.1 Å². The minimum Gasteiger partial charge on any atom is -0.460 e. The first-order valence-corrected chi connectivity index (χ1v) is 7.84. The van der Waals surface area contributed by atoms with Crippen molar-refractivity contribution < 1.29 is 19.2 Å². The van der Waals surface area contributed by atoms with E-state index >= 15 is 0 Å². The lowest BCUT2D eigenvalue weighted by atomic mass is 9.83. The van der Waals surface area contributed by atoms with Gasteiger partial charge in [-0.1, -0.05) is 30.3 Å². The van der Waals surface area contributed by atoms with Crippen molar-refractivity contribution in [3.05, 3.63) is 35.9 Å². The molecule has 1 aromatic rings. The third-order valence-electron chi connectivity index (χ3n) is 3.87. The van der Waals surface area contributed by atoms with E-state index < -0.39 is 11.0 Å². The minimum atomic E-state index is -0.758. The van der Waals surface area contributed by atoms with Crippen molar-refractivity contribution in [1.82, 2.24) is 5.06 Å². The van der Waals surface area contributed by atoms with Crippen LogP contribution in [0.2, 0.25) is 0 Å². The molecule has 1 heterocycles. The summed E-state index contributed by atoms with van der Waals surface area (Å²) in [7, 11) is 0. The minimum absolute atomic E-state index is 0.114. The molecule has 0 saturated carbocycles. The number of hydroxylamine groups is 2. The highest BCUT2D eigenvalue weighted by atomic mass is 16.7. The van der Waals surface area contributed by atoms with Crippen LogP contribution in [0.5, 0.6) is 0 Å². The Morgan fingerprint density at radius 2 is 1.87 bits per heavy atom. The van der Waals surface area contributed by atoms with Crippen LogP contribution in [-0.4, -0.2) is 28.6 Å². The van der Waals surface area contributed by atoms with Crippen LogP contribution in [0.1, 0.15) is 46.6 Å². The maximum atomic E-state index is 12.2. The highest BCUT2D eigenvalue weighted by Crippen LogP contribution is 2.37. The molecule has 0 amide bonds. The Morgan fingerprint density at radius 3 is 2.43 bits per heavy atom. The van der Waals surface area contributed by atoms with Crippen molar-refractivity contribution >= 4 is 11.9 Å². The molecule has 1 atom stereocenters. The summed E-state index contributed by atoms with van der Waals surface area (Å²) in [5.74, 6) is -0.645. The smallest absolute Gasteiger partial charge is 0.332 e. The van der Waals surface area contributed by atoms with Gasteiger partial charge in [0.15, 0.2) is 0 Å². The van der Waals surface area contributed by atoms with E-state index in [1.165, 1.54) is 0 Å². The summed E-state index contributed by atoms with van der Waals surface area (Å²) in [4.78, 5) is 29.8. The van der Waals surface area contributed by atoms with Gasteiger partial charge in [-0.2, -0.15) is 0 Å². The Labute approximate surface area is 137 Å².